The standard InChI is InChI=1S/C12H16F2O/c1-4-5-9-6-10(13)12(11(14)7-9)15-8(2)3/h6-8H,4-5H2,1-3H3. The molecular weight excluding hydrogens is 198 g/mol. The van der Waals surface area contributed by atoms with Gasteiger partial charge in [-0.15, -0.1) is 0 Å². The van der Waals surface area contributed by atoms with Gasteiger partial charge in [0.15, 0.2) is 17.4 Å². The molecule has 0 aliphatic rings. The van der Waals surface area contributed by atoms with Crippen molar-refractivity contribution in [1.29, 1.82) is 0 Å². The molecule has 0 N–H and O–H groups in total. The molecule has 0 unspecified atom stereocenters. The van der Waals surface area contributed by atoms with Crippen LogP contribution in [0.15, 0.2) is 12.1 Å². The fraction of sp³-hybridized carbons (Fsp3) is 0.500. The predicted molar refractivity (Wildman–Crippen MR) is 56.1 cm³/mol. The molecule has 0 spiro atoms. The van der Waals surface area contributed by atoms with E-state index in [1.54, 1.807) is 13.8 Å². The van der Waals surface area contributed by atoms with Crippen molar-refractivity contribution in [2.24, 2.45) is 0 Å². The van der Waals surface area contributed by atoms with Gasteiger partial charge < -0.3 is 4.74 Å². The molecule has 1 aromatic rings. The van der Waals surface area contributed by atoms with E-state index in [4.69, 9.17) is 4.74 Å². The Morgan fingerprint density at radius 2 is 1.73 bits per heavy atom. The minimum atomic E-state index is -0.618. The first-order chi connectivity index (χ1) is 7.04. The summed E-state index contributed by atoms with van der Waals surface area (Å²) in [5.74, 6) is -1.51. The zero-order valence-corrected chi connectivity index (χ0v) is 9.31. The molecule has 0 amide bonds. The molecule has 3 heteroatoms. The van der Waals surface area contributed by atoms with Crippen LogP contribution in [0, 0.1) is 11.6 Å². The molecular formula is C12H16F2O. The van der Waals surface area contributed by atoms with Gasteiger partial charge in [-0.3, -0.25) is 0 Å². The first-order valence-electron chi connectivity index (χ1n) is 5.19. The Kier molecular flexibility index (Phi) is 4.06. The number of rotatable bonds is 4. The van der Waals surface area contributed by atoms with E-state index in [-0.39, 0.29) is 11.9 Å². The van der Waals surface area contributed by atoms with Crippen LogP contribution in [-0.4, -0.2) is 6.10 Å². The van der Waals surface area contributed by atoms with Crippen LogP contribution in [0.2, 0.25) is 0 Å². The summed E-state index contributed by atoms with van der Waals surface area (Å²) in [4.78, 5) is 0. The fourth-order valence-electron chi connectivity index (χ4n) is 1.39. The summed E-state index contributed by atoms with van der Waals surface area (Å²) in [6.07, 6.45) is 1.31. The second-order valence-corrected chi connectivity index (χ2v) is 3.81. The van der Waals surface area contributed by atoms with Gasteiger partial charge in [0.2, 0.25) is 0 Å². The third kappa shape index (κ3) is 3.18. The summed E-state index contributed by atoms with van der Waals surface area (Å²) in [7, 11) is 0. The van der Waals surface area contributed by atoms with Gasteiger partial charge in [-0.2, -0.15) is 0 Å². The summed E-state index contributed by atoms with van der Waals surface area (Å²) >= 11 is 0. The molecule has 0 saturated heterocycles. The van der Waals surface area contributed by atoms with E-state index in [9.17, 15) is 8.78 Å². The Morgan fingerprint density at radius 1 is 1.20 bits per heavy atom. The molecule has 0 aliphatic heterocycles. The number of benzene rings is 1. The topological polar surface area (TPSA) is 9.23 Å². The van der Waals surface area contributed by atoms with Crippen LogP contribution in [0.3, 0.4) is 0 Å². The van der Waals surface area contributed by atoms with E-state index in [1.165, 1.54) is 12.1 Å². The molecule has 0 radical (unpaired) electrons. The van der Waals surface area contributed by atoms with Crippen molar-refractivity contribution < 1.29 is 13.5 Å². The number of halogens is 2. The Morgan fingerprint density at radius 3 is 2.13 bits per heavy atom. The summed E-state index contributed by atoms with van der Waals surface area (Å²) < 4.78 is 31.9. The molecule has 0 heterocycles. The van der Waals surface area contributed by atoms with Gasteiger partial charge in [0, 0.05) is 0 Å². The maximum atomic E-state index is 13.4. The summed E-state index contributed by atoms with van der Waals surface area (Å²) in [6.45, 7) is 5.44. The van der Waals surface area contributed by atoms with Gasteiger partial charge in [-0.1, -0.05) is 13.3 Å². The zero-order chi connectivity index (χ0) is 11.4. The van der Waals surface area contributed by atoms with E-state index in [2.05, 4.69) is 0 Å². The fourth-order valence-corrected chi connectivity index (χ4v) is 1.39. The maximum Gasteiger partial charge on any atom is 0.191 e. The average molecular weight is 214 g/mol. The number of aryl methyl sites for hydroxylation is 1. The van der Waals surface area contributed by atoms with E-state index in [0.717, 1.165) is 6.42 Å². The second kappa shape index (κ2) is 5.10. The third-order valence-electron chi connectivity index (χ3n) is 1.95. The second-order valence-electron chi connectivity index (χ2n) is 3.81. The Hall–Kier alpha value is -1.12. The molecule has 0 atom stereocenters. The SMILES string of the molecule is CCCc1cc(F)c(OC(C)C)c(F)c1. The van der Waals surface area contributed by atoms with Crippen molar-refractivity contribution in [1.82, 2.24) is 0 Å². The van der Waals surface area contributed by atoms with Crippen LogP contribution >= 0.6 is 0 Å². The number of hydrogen-bond acceptors (Lipinski definition) is 1. The van der Waals surface area contributed by atoms with Crippen LogP contribution in [0.1, 0.15) is 32.8 Å². The number of hydrogen-bond donors (Lipinski definition) is 0. The van der Waals surface area contributed by atoms with Gasteiger partial charge in [0.25, 0.3) is 0 Å². The molecule has 84 valence electrons. The molecule has 15 heavy (non-hydrogen) atoms. The predicted octanol–water partition coefficient (Wildman–Crippen LogP) is 3.70. The number of ether oxygens (including phenoxy) is 1. The van der Waals surface area contributed by atoms with Gasteiger partial charge in [-0.25, -0.2) is 8.78 Å². The minimum absolute atomic E-state index is 0.231. The van der Waals surface area contributed by atoms with Crippen molar-refractivity contribution in [3.63, 3.8) is 0 Å². The lowest BCUT2D eigenvalue weighted by Gasteiger charge is -2.12. The lowest BCUT2D eigenvalue weighted by molar-refractivity contribution is 0.219. The van der Waals surface area contributed by atoms with Crippen molar-refractivity contribution in [3.05, 3.63) is 29.3 Å². The van der Waals surface area contributed by atoms with Crippen molar-refractivity contribution >= 4 is 0 Å². The van der Waals surface area contributed by atoms with Crippen molar-refractivity contribution in [3.8, 4) is 5.75 Å². The molecule has 0 saturated carbocycles. The molecule has 0 aromatic heterocycles. The summed E-state index contributed by atoms with van der Waals surface area (Å²) in [6, 6.07) is 2.68. The molecule has 0 bridgehead atoms. The normalized spacial score (nSPS) is 10.8. The highest BCUT2D eigenvalue weighted by atomic mass is 19.1. The monoisotopic (exact) mass is 214 g/mol. The highest BCUT2D eigenvalue weighted by Gasteiger charge is 2.13. The lowest BCUT2D eigenvalue weighted by Crippen LogP contribution is -2.09. The van der Waals surface area contributed by atoms with Gasteiger partial charge in [0.05, 0.1) is 6.10 Å². The van der Waals surface area contributed by atoms with Crippen molar-refractivity contribution in [2.75, 3.05) is 0 Å². The van der Waals surface area contributed by atoms with E-state index in [1.807, 2.05) is 6.92 Å². The Bertz CT molecular complexity index is 311. The van der Waals surface area contributed by atoms with Crippen LogP contribution in [0.25, 0.3) is 0 Å². The highest BCUT2D eigenvalue weighted by molar-refractivity contribution is 5.31. The molecule has 1 nitrogen and oxygen atoms in total. The zero-order valence-electron chi connectivity index (χ0n) is 9.31. The first kappa shape index (κ1) is 12.0. The first-order valence-corrected chi connectivity index (χ1v) is 5.19. The average Bonchev–Trinajstić information content (AvgIpc) is 2.11. The molecule has 0 fully saturated rings. The van der Waals surface area contributed by atoms with E-state index < -0.39 is 11.6 Å². The Balaban J connectivity index is 2.98. The van der Waals surface area contributed by atoms with Crippen LogP contribution in [0.5, 0.6) is 5.75 Å². The summed E-state index contributed by atoms with van der Waals surface area (Å²) in [5.41, 5.74) is 0.670. The highest BCUT2D eigenvalue weighted by Crippen LogP contribution is 2.24. The van der Waals surface area contributed by atoms with Crippen LogP contribution in [-0.2, 0) is 6.42 Å². The summed E-state index contributed by atoms with van der Waals surface area (Å²) in [5, 5.41) is 0. The van der Waals surface area contributed by atoms with Gasteiger partial charge in [-0.05, 0) is 38.0 Å². The lowest BCUT2D eigenvalue weighted by atomic mass is 10.1. The molecule has 0 aliphatic carbocycles. The quantitative estimate of drug-likeness (QED) is 0.742. The van der Waals surface area contributed by atoms with Crippen LogP contribution < -0.4 is 4.74 Å². The van der Waals surface area contributed by atoms with Gasteiger partial charge in [0.1, 0.15) is 0 Å². The van der Waals surface area contributed by atoms with E-state index >= 15 is 0 Å². The van der Waals surface area contributed by atoms with Crippen molar-refractivity contribution in [2.45, 2.75) is 39.7 Å². The smallest absolute Gasteiger partial charge is 0.191 e. The molecule has 1 rings (SSSR count). The van der Waals surface area contributed by atoms with E-state index in [0.29, 0.717) is 12.0 Å². The largest absolute Gasteiger partial charge is 0.485 e. The third-order valence-corrected chi connectivity index (χ3v) is 1.95. The molecule has 1 aromatic carbocycles. The maximum absolute atomic E-state index is 13.4. The van der Waals surface area contributed by atoms with Crippen LogP contribution in [0.4, 0.5) is 8.78 Å². The Labute approximate surface area is 89.1 Å². The van der Waals surface area contributed by atoms with Gasteiger partial charge >= 0.3 is 0 Å². The minimum Gasteiger partial charge on any atom is -0.485 e.